The number of hydrogen-bond acceptors (Lipinski definition) is 7. The SMILES string of the molecule is O=C([O-])C[C@H](NC(=O)c1ccc2c(c1)OCO2)c1cccc([N+](=O)[O-])c1. The number of aliphatic carboxylic acids is 1. The van der Waals surface area contributed by atoms with Crippen LogP contribution < -0.4 is 19.9 Å². The molecule has 1 atom stereocenters. The number of amides is 1. The smallest absolute Gasteiger partial charge is 0.269 e. The summed E-state index contributed by atoms with van der Waals surface area (Å²) in [7, 11) is 0. The predicted molar refractivity (Wildman–Crippen MR) is 85.5 cm³/mol. The maximum Gasteiger partial charge on any atom is 0.269 e. The van der Waals surface area contributed by atoms with Gasteiger partial charge in [-0.1, -0.05) is 12.1 Å². The number of carbonyl (C=O) groups is 2. The molecule has 1 aliphatic rings. The molecule has 0 radical (unpaired) electrons. The second-order valence-electron chi connectivity index (χ2n) is 5.52. The van der Waals surface area contributed by atoms with Gasteiger partial charge in [0.15, 0.2) is 11.5 Å². The normalized spacial score (nSPS) is 13.1. The Bertz CT molecular complexity index is 881. The summed E-state index contributed by atoms with van der Waals surface area (Å²) in [5.74, 6) is -1.04. The molecule has 0 saturated carbocycles. The average molecular weight is 357 g/mol. The maximum absolute atomic E-state index is 12.5. The molecular formula is C17H13N2O7-. The van der Waals surface area contributed by atoms with E-state index in [9.17, 15) is 24.8 Å². The van der Waals surface area contributed by atoms with Crippen LogP contribution in [-0.2, 0) is 4.79 Å². The topological polar surface area (TPSA) is 131 Å². The Morgan fingerprint density at radius 2 is 1.92 bits per heavy atom. The number of nitro groups is 1. The summed E-state index contributed by atoms with van der Waals surface area (Å²) in [6, 6.07) is 8.97. The zero-order valence-electron chi connectivity index (χ0n) is 13.3. The summed E-state index contributed by atoms with van der Waals surface area (Å²) in [6.07, 6.45) is -0.530. The zero-order chi connectivity index (χ0) is 18.7. The van der Waals surface area contributed by atoms with Crippen LogP contribution in [0.3, 0.4) is 0 Å². The molecule has 0 unspecified atom stereocenters. The zero-order valence-corrected chi connectivity index (χ0v) is 13.3. The Morgan fingerprint density at radius 3 is 2.65 bits per heavy atom. The number of nitrogens with zero attached hydrogens (tertiary/aromatic N) is 1. The first-order valence-electron chi connectivity index (χ1n) is 7.59. The van der Waals surface area contributed by atoms with E-state index in [2.05, 4.69) is 5.32 Å². The lowest BCUT2D eigenvalue weighted by Gasteiger charge is -2.20. The number of rotatable bonds is 6. The molecule has 9 heteroatoms. The summed E-state index contributed by atoms with van der Waals surface area (Å²) < 4.78 is 10.4. The van der Waals surface area contributed by atoms with E-state index < -0.39 is 29.3 Å². The molecule has 1 amide bonds. The molecule has 1 aliphatic heterocycles. The number of nitrogens with one attached hydrogen (secondary N) is 1. The maximum atomic E-state index is 12.5. The van der Waals surface area contributed by atoms with E-state index in [0.29, 0.717) is 11.5 Å². The summed E-state index contributed by atoms with van der Waals surface area (Å²) >= 11 is 0. The Balaban J connectivity index is 1.84. The van der Waals surface area contributed by atoms with Gasteiger partial charge in [-0.3, -0.25) is 14.9 Å². The van der Waals surface area contributed by atoms with Crippen molar-refractivity contribution in [1.82, 2.24) is 5.32 Å². The molecule has 1 heterocycles. The summed E-state index contributed by atoms with van der Waals surface area (Å²) in [5, 5.41) is 24.5. The molecule has 2 aromatic carbocycles. The van der Waals surface area contributed by atoms with Crippen molar-refractivity contribution in [2.45, 2.75) is 12.5 Å². The summed E-state index contributed by atoms with van der Waals surface area (Å²) in [4.78, 5) is 33.8. The number of ether oxygens (including phenoxy) is 2. The van der Waals surface area contributed by atoms with Crippen molar-refractivity contribution in [3.8, 4) is 11.5 Å². The largest absolute Gasteiger partial charge is 0.550 e. The number of hydrogen-bond donors (Lipinski definition) is 1. The third-order valence-corrected chi connectivity index (χ3v) is 3.79. The highest BCUT2D eigenvalue weighted by Gasteiger charge is 2.21. The molecule has 26 heavy (non-hydrogen) atoms. The number of carbonyl (C=O) groups excluding carboxylic acids is 2. The first kappa shape index (κ1) is 17.2. The van der Waals surface area contributed by atoms with Crippen LogP contribution in [0.25, 0.3) is 0 Å². The first-order valence-corrected chi connectivity index (χ1v) is 7.59. The van der Waals surface area contributed by atoms with Crippen LogP contribution in [0, 0.1) is 10.1 Å². The van der Waals surface area contributed by atoms with Crippen molar-refractivity contribution >= 4 is 17.6 Å². The quantitative estimate of drug-likeness (QED) is 0.601. The monoisotopic (exact) mass is 357 g/mol. The minimum atomic E-state index is -1.40. The summed E-state index contributed by atoms with van der Waals surface area (Å²) in [5.41, 5.74) is 0.323. The van der Waals surface area contributed by atoms with E-state index in [1.165, 1.54) is 36.4 Å². The minimum Gasteiger partial charge on any atom is -0.550 e. The van der Waals surface area contributed by atoms with Gasteiger partial charge in [0, 0.05) is 30.1 Å². The van der Waals surface area contributed by atoms with Gasteiger partial charge >= 0.3 is 0 Å². The van der Waals surface area contributed by atoms with Crippen LogP contribution in [0.2, 0.25) is 0 Å². The van der Waals surface area contributed by atoms with Crippen LogP contribution in [0.5, 0.6) is 11.5 Å². The third-order valence-electron chi connectivity index (χ3n) is 3.79. The van der Waals surface area contributed by atoms with Crippen LogP contribution in [0.15, 0.2) is 42.5 Å². The van der Waals surface area contributed by atoms with Crippen LogP contribution in [-0.4, -0.2) is 23.6 Å². The molecule has 0 fully saturated rings. The van der Waals surface area contributed by atoms with E-state index in [4.69, 9.17) is 9.47 Å². The average Bonchev–Trinajstić information content (AvgIpc) is 3.08. The number of non-ortho nitro benzene ring substituents is 1. The Kier molecular flexibility index (Phi) is 4.70. The molecule has 2 aromatic rings. The van der Waals surface area contributed by atoms with Crippen molar-refractivity contribution in [2.75, 3.05) is 6.79 Å². The molecule has 0 bridgehead atoms. The lowest BCUT2D eigenvalue weighted by Crippen LogP contribution is -2.34. The second kappa shape index (κ2) is 7.09. The van der Waals surface area contributed by atoms with Crippen molar-refractivity contribution in [1.29, 1.82) is 0 Å². The predicted octanol–water partition coefficient (Wildman–Crippen LogP) is 0.935. The fraction of sp³-hybridized carbons (Fsp3) is 0.176. The van der Waals surface area contributed by atoms with Gasteiger partial charge in [0.05, 0.1) is 11.0 Å². The third kappa shape index (κ3) is 3.72. The number of carboxylic acids is 1. The van der Waals surface area contributed by atoms with Crippen molar-refractivity contribution in [3.63, 3.8) is 0 Å². The fourth-order valence-corrected chi connectivity index (χ4v) is 2.55. The van der Waals surface area contributed by atoms with Crippen LogP contribution in [0.1, 0.15) is 28.4 Å². The number of benzene rings is 2. The molecule has 1 N–H and O–H groups in total. The molecule has 0 spiro atoms. The van der Waals surface area contributed by atoms with E-state index in [1.807, 2.05) is 0 Å². The van der Waals surface area contributed by atoms with Gasteiger partial charge in [0.2, 0.25) is 6.79 Å². The molecule has 134 valence electrons. The number of nitro benzene ring substituents is 1. The van der Waals surface area contributed by atoms with Crippen LogP contribution in [0.4, 0.5) is 5.69 Å². The van der Waals surface area contributed by atoms with Gasteiger partial charge in [-0.05, 0) is 23.8 Å². The lowest BCUT2D eigenvalue weighted by molar-refractivity contribution is -0.385. The molecule has 0 saturated heterocycles. The molecule has 0 aliphatic carbocycles. The summed E-state index contributed by atoms with van der Waals surface area (Å²) in [6.45, 7) is 0.0569. The molecule has 9 nitrogen and oxygen atoms in total. The van der Waals surface area contributed by atoms with Crippen molar-refractivity contribution < 1.29 is 29.1 Å². The number of fused-ring (bicyclic) bond motifs is 1. The van der Waals surface area contributed by atoms with Crippen LogP contribution >= 0.6 is 0 Å². The highest BCUT2D eigenvalue weighted by atomic mass is 16.7. The minimum absolute atomic E-state index is 0.0569. The Hall–Kier alpha value is -3.62. The Morgan fingerprint density at radius 1 is 1.15 bits per heavy atom. The lowest BCUT2D eigenvalue weighted by atomic mass is 10.0. The van der Waals surface area contributed by atoms with E-state index in [0.717, 1.165) is 0 Å². The molecule has 0 aromatic heterocycles. The highest BCUT2D eigenvalue weighted by Crippen LogP contribution is 2.32. The van der Waals surface area contributed by atoms with Gasteiger partial charge in [-0.2, -0.15) is 0 Å². The van der Waals surface area contributed by atoms with Crippen molar-refractivity contribution in [2.24, 2.45) is 0 Å². The highest BCUT2D eigenvalue weighted by molar-refractivity contribution is 5.95. The molecule has 3 rings (SSSR count). The van der Waals surface area contributed by atoms with E-state index in [-0.39, 0.29) is 23.6 Å². The van der Waals surface area contributed by atoms with Gasteiger partial charge in [0.25, 0.3) is 11.6 Å². The van der Waals surface area contributed by atoms with Gasteiger partial charge in [0.1, 0.15) is 0 Å². The second-order valence-corrected chi connectivity index (χ2v) is 5.52. The van der Waals surface area contributed by atoms with Crippen molar-refractivity contribution in [3.05, 3.63) is 63.7 Å². The van der Waals surface area contributed by atoms with Gasteiger partial charge in [-0.25, -0.2) is 0 Å². The molecular weight excluding hydrogens is 344 g/mol. The Labute approximate surface area is 147 Å². The number of carboxylic acid groups (broad SMARTS) is 1. The first-order chi connectivity index (χ1) is 12.4. The van der Waals surface area contributed by atoms with E-state index in [1.54, 1.807) is 6.07 Å². The van der Waals surface area contributed by atoms with Gasteiger partial charge in [-0.15, -0.1) is 0 Å². The van der Waals surface area contributed by atoms with Gasteiger partial charge < -0.3 is 24.7 Å². The standard InChI is InChI=1S/C17H14N2O7/c20-16(21)8-13(10-2-1-3-12(6-10)19(23)24)18-17(22)11-4-5-14-15(7-11)26-9-25-14/h1-7,13H,8-9H2,(H,18,22)(H,20,21)/p-1/t13-/m0/s1. The fourth-order valence-electron chi connectivity index (χ4n) is 2.55. The van der Waals surface area contributed by atoms with E-state index >= 15 is 0 Å².